The lowest BCUT2D eigenvalue weighted by atomic mass is 10.2. The molecule has 0 saturated heterocycles. The van der Waals surface area contributed by atoms with E-state index in [0.29, 0.717) is 11.3 Å². The zero-order valence-corrected chi connectivity index (χ0v) is 9.75. The molecule has 1 aromatic carbocycles. The number of benzene rings is 1. The Labute approximate surface area is 96.6 Å². The fraction of sp³-hybridized carbons (Fsp3) is 0.125. The number of hydrogen-bond acceptors (Lipinski definition) is 4. The zero-order valence-electron chi connectivity index (χ0n) is 7.36. The van der Waals surface area contributed by atoms with Gasteiger partial charge in [-0.2, -0.15) is 0 Å². The van der Waals surface area contributed by atoms with E-state index in [0.717, 1.165) is 0 Å². The maximum Gasteiger partial charge on any atom is 0.261 e. The summed E-state index contributed by atoms with van der Waals surface area (Å²) in [6.07, 6.45) is 0. The number of halogens is 1. The number of anilines is 1. The van der Waals surface area contributed by atoms with Gasteiger partial charge in [-0.15, -0.1) is 0 Å². The van der Waals surface area contributed by atoms with Gasteiger partial charge in [-0.1, -0.05) is 6.07 Å². The third-order valence-electron chi connectivity index (χ3n) is 1.98. The highest BCUT2D eigenvalue weighted by molar-refractivity contribution is 8.13. The molecule has 0 radical (unpaired) electrons. The van der Waals surface area contributed by atoms with E-state index in [2.05, 4.69) is 5.32 Å². The Morgan fingerprint density at radius 1 is 1.47 bits per heavy atom. The molecule has 0 bridgehead atoms. The Hall–Kier alpha value is -0.850. The van der Waals surface area contributed by atoms with Gasteiger partial charge >= 0.3 is 0 Å². The van der Waals surface area contributed by atoms with Crippen molar-refractivity contribution >= 4 is 42.8 Å². The quantitative estimate of drug-likeness (QED) is 0.619. The van der Waals surface area contributed by atoms with Crippen LogP contribution in [0.5, 0.6) is 0 Å². The van der Waals surface area contributed by atoms with Gasteiger partial charge in [0.2, 0.25) is 0 Å². The first-order valence-electron chi connectivity index (χ1n) is 3.99. The predicted molar refractivity (Wildman–Crippen MR) is 60.5 cm³/mol. The largest absolute Gasteiger partial charge is 0.466 e. The lowest BCUT2D eigenvalue weighted by molar-refractivity contribution is 0.291. The molecule has 1 aromatic rings. The van der Waals surface area contributed by atoms with Crippen LogP contribution in [0.2, 0.25) is 0 Å². The lowest BCUT2D eigenvalue weighted by Crippen LogP contribution is -2.21. The van der Waals surface area contributed by atoms with Crippen LogP contribution in [0.15, 0.2) is 23.1 Å². The van der Waals surface area contributed by atoms with Crippen molar-refractivity contribution in [3.8, 4) is 0 Å². The standard InChI is InChI=1S/C8H6ClNO3S2/c9-15(11,12)7-3-1-2-6-5(7)4-13-8(14)10-6/h1-3H,4H2,(H,10,14). The summed E-state index contributed by atoms with van der Waals surface area (Å²) < 4.78 is 27.5. The number of thiocarbonyl (C=S) groups is 1. The van der Waals surface area contributed by atoms with Gasteiger partial charge in [-0.05, 0) is 24.4 Å². The minimum atomic E-state index is -3.75. The Balaban J connectivity index is 2.61. The molecule has 80 valence electrons. The summed E-state index contributed by atoms with van der Waals surface area (Å²) in [4.78, 5) is 0.0525. The average molecular weight is 264 g/mol. The van der Waals surface area contributed by atoms with Crippen LogP contribution < -0.4 is 5.32 Å². The molecule has 0 fully saturated rings. The SMILES string of the molecule is O=S(=O)(Cl)c1cccc2c1COC(=S)N2. The van der Waals surface area contributed by atoms with Gasteiger partial charge in [0.25, 0.3) is 14.2 Å². The first-order chi connectivity index (χ1) is 6.98. The zero-order chi connectivity index (χ0) is 11.1. The summed E-state index contributed by atoms with van der Waals surface area (Å²) in [6, 6.07) is 4.74. The fourth-order valence-electron chi connectivity index (χ4n) is 1.34. The van der Waals surface area contributed by atoms with Crippen LogP contribution in [0, 0.1) is 0 Å². The molecular weight excluding hydrogens is 258 g/mol. The van der Waals surface area contributed by atoms with Crippen LogP contribution in [-0.2, 0) is 20.4 Å². The Morgan fingerprint density at radius 2 is 2.20 bits per heavy atom. The predicted octanol–water partition coefficient (Wildman–Crippen LogP) is 1.84. The second kappa shape index (κ2) is 3.62. The van der Waals surface area contributed by atoms with Crippen LogP contribution in [0.1, 0.15) is 5.56 Å². The van der Waals surface area contributed by atoms with Crippen LogP contribution in [-0.4, -0.2) is 13.6 Å². The molecule has 7 heteroatoms. The van der Waals surface area contributed by atoms with Crippen LogP contribution in [0.25, 0.3) is 0 Å². The van der Waals surface area contributed by atoms with E-state index in [-0.39, 0.29) is 16.7 Å². The molecule has 2 rings (SSSR count). The fourth-order valence-corrected chi connectivity index (χ4v) is 2.65. The molecule has 0 spiro atoms. The monoisotopic (exact) mass is 263 g/mol. The van der Waals surface area contributed by atoms with Crippen molar-refractivity contribution in [2.45, 2.75) is 11.5 Å². The molecule has 0 atom stereocenters. The molecule has 1 heterocycles. The van der Waals surface area contributed by atoms with Gasteiger partial charge in [-0.25, -0.2) is 8.42 Å². The van der Waals surface area contributed by atoms with Crippen LogP contribution in [0.3, 0.4) is 0 Å². The summed E-state index contributed by atoms with van der Waals surface area (Å²) in [5.74, 6) is 0. The number of fused-ring (bicyclic) bond motifs is 1. The highest BCUT2D eigenvalue weighted by Crippen LogP contribution is 2.29. The van der Waals surface area contributed by atoms with Crippen molar-refractivity contribution in [3.63, 3.8) is 0 Å². The Bertz CT molecular complexity index is 527. The Kier molecular flexibility index (Phi) is 2.57. The molecule has 0 saturated carbocycles. The number of rotatable bonds is 1. The Morgan fingerprint density at radius 3 is 2.87 bits per heavy atom. The van der Waals surface area contributed by atoms with Crippen LogP contribution >= 0.6 is 22.9 Å². The van der Waals surface area contributed by atoms with Gasteiger partial charge in [-0.3, -0.25) is 0 Å². The summed E-state index contributed by atoms with van der Waals surface area (Å²) in [7, 11) is 1.54. The minimum absolute atomic E-state index is 0.0525. The normalized spacial score (nSPS) is 15.1. The van der Waals surface area contributed by atoms with Gasteiger partial charge in [0.15, 0.2) is 0 Å². The van der Waals surface area contributed by atoms with Crippen molar-refractivity contribution < 1.29 is 13.2 Å². The van der Waals surface area contributed by atoms with Crippen molar-refractivity contribution in [3.05, 3.63) is 23.8 Å². The van der Waals surface area contributed by atoms with Crippen molar-refractivity contribution in [1.29, 1.82) is 0 Å². The molecule has 1 aliphatic heterocycles. The molecule has 4 nitrogen and oxygen atoms in total. The summed E-state index contributed by atoms with van der Waals surface area (Å²) in [5.41, 5.74) is 1.12. The summed E-state index contributed by atoms with van der Waals surface area (Å²) >= 11 is 4.80. The molecule has 1 aliphatic rings. The maximum atomic E-state index is 11.2. The third-order valence-corrected chi connectivity index (χ3v) is 3.61. The van der Waals surface area contributed by atoms with E-state index in [1.54, 1.807) is 12.1 Å². The van der Waals surface area contributed by atoms with Crippen molar-refractivity contribution in [1.82, 2.24) is 0 Å². The summed E-state index contributed by atoms with van der Waals surface area (Å²) in [5, 5.41) is 2.99. The maximum absolute atomic E-state index is 11.2. The minimum Gasteiger partial charge on any atom is -0.466 e. The molecule has 0 aromatic heterocycles. The number of hydrogen-bond donors (Lipinski definition) is 1. The first-order valence-corrected chi connectivity index (χ1v) is 6.70. The van der Waals surface area contributed by atoms with E-state index < -0.39 is 9.05 Å². The molecular formula is C8H6ClNO3S2. The lowest BCUT2D eigenvalue weighted by Gasteiger charge is -2.20. The van der Waals surface area contributed by atoms with E-state index in [1.165, 1.54) is 6.07 Å². The van der Waals surface area contributed by atoms with Gasteiger partial charge in [0.05, 0.1) is 4.90 Å². The summed E-state index contributed by atoms with van der Waals surface area (Å²) in [6.45, 7) is 0.114. The molecule has 15 heavy (non-hydrogen) atoms. The van der Waals surface area contributed by atoms with Gasteiger partial charge in [0, 0.05) is 21.9 Å². The van der Waals surface area contributed by atoms with Crippen molar-refractivity contribution in [2.24, 2.45) is 0 Å². The average Bonchev–Trinajstić information content (AvgIpc) is 2.15. The van der Waals surface area contributed by atoms with E-state index in [9.17, 15) is 8.42 Å². The van der Waals surface area contributed by atoms with E-state index >= 15 is 0 Å². The molecule has 1 N–H and O–H groups in total. The van der Waals surface area contributed by atoms with Crippen molar-refractivity contribution in [2.75, 3.05) is 5.32 Å². The highest BCUT2D eigenvalue weighted by atomic mass is 35.7. The molecule has 0 unspecified atom stereocenters. The first kappa shape index (κ1) is 10.7. The number of ether oxygens (including phenoxy) is 1. The van der Waals surface area contributed by atoms with Gasteiger partial charge in [0.1, 0.15) is 6.61 Å². The second-order valence-electron chi connectivity index (χ2n) is 2.92. The second-order valence-corrected chi connectivity index (χ2v) is 5.83. The molecule has 0 aliphatic carbocycles. The third kappa shape index (κ3) is 2.06. The molecule has 0 amide bonds. The number of nitrogens with one attached hydrogen (secondary N) is 1. The van der Waals surface area contributed by atoms with Gasteiger partial charge < -0.3 is 10.1 Å². The highest BCUT2D eigenvalue weighted by Gasteiger charge is 2.22. The smallest absolute Gasteiger partial charge is 0.261 e. The topological polar surface area (TPSA) is 55.4 Å². The van der Waals surface area contributed by atoms with E-state index in [1.807, 2.05) is 0 Å². The van der Waals surface area contributed by atoms with Crippen LogP contribution in [0.4, 0.5) is 5.69 Å². The van der Waals surface area contributed by atoms with E-state index in [4.69, 9.17) is 27.6 Å².